The summed E-state index contributed by atoms with van der Waals surface area (Å²) in [4.78, 5) is 78.0. The first-order valence-electron chi connectivity index (χ1n) is 10.2. The van der Waals surface area contributed by atoms with Gasteiger partial charge < -0.3 is 42.6 Å². The highest BCUT2D eigenvalue weighted by molar-refractivity contribution is 5.96. The van der Waals surface area contributed by atoms with Crippen LogP contribution in [0.3, 0.4) is 0 Å². The van der Waals surface area contributed by atoms with Crippen molar-refractivity contribution in [2.75, 3.05) is 0 Å². The van der Waals surface area contributed by atoms with Gasteiger partial charge in [0.15, 0.2) is 0 Å². The molecule has 0 aliphatic rings. The molecule has 10 N–H and O–H groups in total. The van der Waals surface area contributed by atoms with Crippen LogP contribution in [0.5, 0.6) is 0 Å². The number of aromatic nitrogens is 2. The lowest BCUT2D eigenvalue weighted by molar-refractivity contribution is -0.143. The van der Waals surface area contributed by atoms with Crippen molar-refractivity contribution < 1.29 is 39.0 Å². The molecule has 1 heterocycles. The Kier molecular flexibility index (Phi) is 10.6. The Labute approximate surface area is 194 Å². The number of carbonyl (C=O) groups is 6. The fourth-order valence-electron chi connectivity index (χ4n) is 2.84. The molecule has 15 nitrogen and oxygen atoms in total. The van der Waals surface area contributed by atoms with Gasteiger partial charge >= 0.3 is 11.9 Å². The second-order valence-corrected chi connectivity index (χ2v) is 7.85. The SMILES string of the molecule is CC(C)C(NC(=O)C(Cc1cnc[nH]1)NC(=O)C(CC(N)=O)NC(=O)C(N)CC(=O)O)C(=O)O. The average molecular weight is 483 g/mol. The van der Waals surface area contributed by atoms with Crippen LogP contribution in [0.2, 0.25) is 0 Å². The van der Waals surface area contributed by atoms with Crippen molar-refractivity contribution in [2.24, 2.45) is 17.4 Å². The van der Waals surface area contributed by atoms with Crippen molar-refractivity contribution in [1.82, 2.24) is 25.9 Å². The van der Waals surface area contributed by atoms with Crippen LogP contribution in [0.1, 0.15) is 32.4 Å². The lowest BCUT2D eigenvalue weighted by Gasteiger charge is -2.25. The van der Waals surface area contributed by atoms with Crippen LogP contribution in [-0.2, 0) is 35.2 Å². The third-order valence-electron chi connectivity index (χ3n) is 4.61. The Hall–Kier alpha value is -4.01. The van der Waals surface area contributed by atoms with Crippen LogP contribution in [-0.4, -0.2) is 79.9 Å². The predicted molar refractivity (Wildman–Crippen MR) is 115 cm³/mol. The van der Waals surface area contributed by atoms with Gasteiger partial charge in [-0.05, 0) is 5.92 Å². The molecule has 0 saturated carbocycles. The van der Waals surface area contributed by atoms with E-state index in [0.717, 1.165) is 0 Å². The summed E-state index contributed by atoms with van der Waals surface area (Å²) in [6, 6.07) is -5.65. The molecule has 15 heteroatoms. The molecular formula is C19H29N7O8. The first kappa shape index (κ1) is 28.0. The van der Waals surface area contributed by atoms with Crippen molar-refractivity contribution >= 4 is 35.6 Å². The van der Waals surface area contributed by atoms with Gasteiger partial charge in [0.1, 0.15) is 18.1 Å². The molecular weight excluding hydrogens is 454 g/mol. The Bertz CT molecular complexity index is 902. The number of aromatic amines is 1. The Morgan fingerprint density at radius 1 is 0.971 bits per heavy atom. The lowest BCUT2D eigenvalue weighted by atomic mass is 10.0. The molecule has 34 heavy (non-hydrogen) atoms. The maximum absolute atomic E-state index is 12.8. The number of amides is 4. The van der Waals surface area contributed by atoms with Crippen LogP contribution in [0.25, 0.3) is 0 Å². The summed E-state index contributed by atoms with van der Waals surface area (Å²) in [6.45, 7) is 3.17. The molecule has 0 aliphatic heterocycles. The topological polar surface area (TPSA) is 260 Å². The fourth-order valence-corrected chi connectivity index (χ4v) is 2.84. The number of carbonyl (C=O) groups excluding carboxylic acids is 4. The minimum absolute atomic E-state index is 0.127. The number of carboxylic acids is 2. The van der Waals surface area contributed by atoms with Gasteiger partial charge in [-0.2, -0.15) is 0 Å². The average Bonchev–Trinajstić information content (AvgIpc) is 3.22. The number of nitrogens with two attached hydrogens (primary N) is 2. The van der Waals surface area contributed by atoms with E-state index in [1.807, 2.05) is 0 Å². The van der Waals surface area contributed by atoms with Crippen molar-refractivity contribution in [3.05, 3.63) is 18.2 Å². The maximum Gasteiger partial charge on any atom is 0.326 e. The minimum atomic E-state index is -1.57. The largest absolute Gasteiger partial charge is 0.481 e. The molecule has 188 valence electrons. The number of aliphatic carboxylic acids is 2. The number of H-pyrrole nitrogens is 1. The highest BCUT2D eigenvalue weighted by Crippen LogP contribution is 2.06. The standard InChI is InChI=1S/C19H29N7O8/c1-8(2)15(19(33)34)26-18(32)11(3-9-6-22-7-23-9)25-17(31)12(5-13(21)27)24-16(30)10(20)4-14(28)29/h6-8,10-12,15H,3-5,20H2,1-2H3,(H2,21,27)(H,22,23)(H,24,30)(H,25,31)(H,26,32)(H,28,29)(H,33,34). The number of primary amides is 1. The zero-order valence-corrected chi connectivity index (χ0v) is 18.6. The zero-order valence-electron chi connectivity index (χ0n) is 18.6. The van der Waals surface area contributed by atoms with Crippen molar-refractivity contribution in [3.63, 3.8) is 0 Å². The van der Waals surface area contributed by atoms with Gasteiger partial charge in [0.05, 0.1) is 25.2 Å². The predicted octanol–water partition coefficient (Wildman–Crippen LogP) is -3.18. The summed E-state index contributed by atoms with van der Waals surface area (Å²) >= 11 is 0. The molecule has 0 saturated heterocycles. The van der Waals surface area contributed by atoms with Crippen LogP contribution < -0.4 is 27.4 Å². The number of nitrogens with one attached hydrogen (secondary N) is 4. The molecule has 4 unspecified atom stereocenters. The normalized spacial score (nSPS) is 14.4. The van der Waals surface area contributed by atoms with E-state index in [4.69, 9.17) is 16.6 Å². The summed E-state index contributed by atoms with van der Waals surface area (Å²) in [7, 11) is 0. The van der Waals surface area contributed by atoms with Crippen LogP contribution in [0.4, 0.5) is 0 Å². The van der Waals surface area contributed by atoms with E-state index in [1.165, 1.54) is 12.5 Å². The molecule has 4 amide bonds. The summed E-state index contributed by atoms with van der Waals surface area (Å²) < 4.78 is 0. The monoisotopic (exact) mass is 483 g/mol. The van der Waals surface area contributed by atoms with Gasteiger partial charge in [-0.15, -0.1) is 0 Å². The van der Waals surface area contributed by atoms with Crippen molar-refractivity contribution in [1.29, 1.82) is 0 Å². The van der Waals surface area contributed by atoms with Gasteiger partial charge in [-0.25, -0.2) is 9.78 Å². The van der Waals surface area contributed by atoms with Gasteiger partial charge in [-0.1, -0.05) is 13.8 Å². The van der Waals surface area contributed by atoms with E-state index in [0.29, 0.717) is 5.69 Å². The van der Waals surface area contributed by atoms with E-state index in [1.54, 1.807) is 13.8 Å². The number of hydrogen-bond acceptors (Lipinski definition) is 8. The number of imidazole rings is 1. The van der Waals surface area contributed by atoms with E-state index in [-0.39, 0.29) is 6.42 Å². The van der Waals surface area contributed by atoms with Crippen LogP contribution >= 0.6 is 0 Å². The van der Waals surface area contributed by atoms with E-state index in [2.05, 4.69) is 25.9 Å². The third-order valence-corrected chi connectivity index (χ3v) is 4.61. The molecule has 0 aliphatic carbocycles. The summed E-state index contributed by atoms with van der Waals surface area (Å²) in [5.41, 5.74) is 11.0. The van der Waals surface area contributed by atoms with Gasteiger partial charge in [0.2, 0.25) is 23.6 Å². The van der Waals surface area contributed by atoms with Crippen LogP contribution in [0, 0.1) is 5.92 Å². The molecule has 1 rings (SSSR count). The minimum Gasteiger partial charge on any atom is -0.481 e. The lowest BCUT2D eigenvalue weighted by Crippen LogP contribution is -2.58. The van der Waals surface area contributed by atoms with Crippen molar-refractivity contribution in [3.8, 4) is 0 Å². The van der Waals surface area contributed by atoms with Crippen LogP contribution in [0.15, 0.2) is 12.5 Å². The van der Waals surface area contributed by atoms with Gasteiger partial charge in [0.25, 0.3) is 0 Å². The molecule has 1 aromatic heterocycles. The van der Waals surface area contributed by atoms with Gasteiger partial charge in [0, 0.05) is 18.3 Å². The maximum atomic E-state index is 12.8. The Morgan fingerprint density at radius 2 is 1.56 bits per heavy atom. The molecule has 0 aromatic carbocycles. The van der Waals surface area contributed by atoms with E-state index in [9.17, 15) is 33.9 Å². The fraction of sp³-hybridized carbons (Fsp3) is 0.526. The second-order valence-electron chi connectivity index (χ2n) is 7.85. The third kappa shape index (κ3) is 9.23. The smallest absolute Gasteiger partial charge is 0.326 e. The molecule has 0 spiro atoms. The Morgan fingerprint density at radius 3 is 2.03 bits per heavy atom. The molecule has 1 aromatic rings. The van der Waals surface area contributed by atoms with E-state index < -0.39 is 78.5 Å². The highest BCUT2D eigenvalue weighted by Gasteiger charge is 2.32. The molecule has 4 atom stereocenters. The number of carboxylic acid groups (broad SMARTS) is 2. The number of hydrogen-bond donors (Lipinski definition) is 8. The summed E-state index contributed by atoms with van der Waals surface area (Å²) in [5.74, 6) is -6.92. The van der Waals surface area contributed by atoms with Crippen molar-refractivity contribution in [2.45, 2.75) is 57.3 Å². The molecule has 0 fully saturated rings. The number of nitrogens with zero attached hydrogens (tertiary/aromatic N) is 1. The Balaban J connectivity index is 3.08. The first-order valence-corrected chi connectivity index (χ1v) is 10.2. The highest BCUT2D eigenvalue weighted by atomic mass is 16.4. The summed E-state index contributed by atoms with van der Waals surface area (Å²) in [5, 5.41) is 25.0. The second kappa shape index (κ2) is 12.9. The van der Waals surface area contributed by atoms with Gasteiger partial charge in [-0.3, -0.25) is 24.0 Å². The zero-order chi connectivity index (χ0) is 26.0. The van der Waals surface area contributed by atoms with E-state index >= 15 is 0 Å². The quantitative estimate of drug-likeness (QED) is 0.131. The molecule has 0 radical (unpaired) electrons. The number of rotatable bonds is 14. The first-order chi connectivity index (χ1) is 15.8. The molecule has 0 bridgehead atoms. The summed E-state index contributed by atoms with van der Waals surface area (Å²) in [6.07, 6.45) is 1.20.